The van der Waals surface area contributed by atoms with Gasteiger partial charge in [0.1, 0.15) is 36.6 Å². The van der Waals surface area contributed by atoms with Crippen molar-refractivity contribution in [2.45, 2.75) is 112 Å². The predicted molar refractivity (Wildman–Crippen MR) is 238 cm³/mol. The monoisotopic (exact) mass is 903 g/mol. The molecule has 0 bridgehead atoms. The lowest BCUT2D eigenvalue weighted by Gasteiger charge is -2.49. The third-order valence-corrected chi connectivity index (χ3v) is 11.2. The Hall–Kier alpha value is -3.88. The fraction of sp³-hybridized carbons (Fsp3) is 0.367. The number of nitrogens with one attached hydrogen (secondary N) is 1. The third-order valence-electron chi connectivity index (χ3n) is 10.7. The number of benzene rings is 5. The van der Waals surface area contributed by atoms with Crippen molar-refractivity contribution in [3.8, 4) is 0 Å². The van der Waals surface area contributed by atoms with E-state index in [1.54, 1.807) is 0 Å². The van der Waals surface area contributed by atoms with Crippen LogP contribution in [-0.2, 0) is 75.7 Å². The van der Waals surface area contributed by atoms with E-state index >= 15 is 0 Å². The van der Waals surface area contributed by atoms with Crippen molar-refractivity contribution < 1.29 is 42.6 Å². The van der Waals surface area contributed by atoms with Gasteiger partial charge in [0.15, 0.2) is 6.29 Å². The summed E-state index contributed by atoms with van der Waals surface area (Å²) < 4.78 is 58.1. The standard InChI is InChI=1S/C49H52Cl3NO9/c1-33-40(54-28-35-18-8-3-9-19-35)42(56-30-37-22-12-5-13-23-37)44(57-31-38-24-14-6-15-25-38)46(59-33)61-43-41(55-29-36-20-10-4-11-21-36)34(2)60-47(62-48(53)49(50,51)52)45(43)58-32-39-26-16-7-17-27-39/h3-27,33-34,40-47,53H,28-32H2,1-2H3. The molecule has 5 aromatic carbocycles. The Labute approximate surface area is 378 Å². The summed E-state index contributed by atoms with van der Waals surface area (Å²) in [5.74, 6) is -0.644. The summed E-state index contributed by atoms with van der Waals surface area (Å²) in [7, 11) is 0. The number of halogens is 3. The topological polar surface area (TPSA) is 107 Å². The Morgan fingerprint density at radius 2 is 0.726 bits per heavy atom. The van der Waals surface area contributed by atoms with Gasteiger partial charge >= 0.3 is 0 Å². The van der Waals surface area contributed by atoms with Crippen LogP contribution in [0.2, 0.25) is 0 Å². The van der Waals surface area contributed by atoms with Gasteiger partial charge in [-0.05, 0) is 41.7 Å². The van der Waals surface area contributed by atoms with E-state index in [4.69, 9.17) is 82.8 Å². The van der Waals surface area contributed by atoms with Crippen LogP contribution in [0.5, 0.6) is 0 Å². The molecule has 2 aliphatic rings. The molecule has 0 radical (unpaired) electrons. The predicted octanol–water partition coefficient (Wildman–Crippen LogP) is 10.2. The molecule has 0 aromatic heterocycles. The highest BCUT2D eigenvalue weighted by atomic mass is 35.6. The molecule has 7 rings (SSSR count). The van der Waals surface area contributed by atoms with Crippen LogP contribution in [0.15, 0.2) is 152 Å². The Balaban J connectivity index is 1.26. The minimum Gasteiger partial charge on any atom is -0.445 e. The second-order valence-electron chi connectivity index (χ2n) is 15.3. The SMILES string of the molecule is CC1OC(OC2C(OCc3ccccc3)C(C)OC(OC(=N)C(Cl)(Cl)Cl)C2OCc2ccccc2)C(OCc2ccccc2)C(OCc2ccccc2)C1OCc1ccccc1. The van der Waals surface area contributed by atoms with Crippen LogP contribution >= 0.6 is 34.8 Å². The first-order chi connectivity index (χ1) is 30.1. The number of alkyl halides is 3. The van der Waals surface area contributed by atoms with E-state index < -0.39 is 71.1 Å². The van der Waals surface area contributed by atoms with Crippen LogP contribution in [-0.4, -0.2) is 71.1 Å². The average Bonchev–Trinajstić information content (AvgIpc) is 3.28. The van der Waals surface area contributed by atoms with E-state index in [0.717, 1.165) is 27.8 Å². The molecule has 2 aliphatic heterocycles. The van der Waals surface area contributed by atoms with Crippen LogP contribution < -0.4 is 0 Å². The summed E-state index contributed by atoms with van der Waals surface area (Å²) in [6, 6.07) is 49.2. The minimum atomic E-state index is -2.18. The molecule has 62 heavy (non-hydrogen) atoms. The summed E-state index contributed by atoms with van der Waals surface area (Å²) >= 11 is 18.5. The van der Waals surface area contributed by atoms with Crippen molar-refractivity contribution in [3.63, 3.8) is 0 Å². The van der Waals surface area contributed by atoms with Crippen LogP contribution in [0.3, 0.4) is 0 Å². The number of hydrogen-bond acceptors (Lipinski definition) is 10. The molecule has 328 valence electrons. The van der Waals surface area contributed by atoms with Crippen molar-refractivity contribution in [1.82, 2.24) is 0 Å². The lowest BCUT2D eigenvalue weighted by Crippen LogP contribution is -2.65. The molecular weight excluding hydrogens is 853 g/mol. The van der Waals surface area contributed by atoms with Gasteiger partial charge in [0.2, 0.25) is 12.2 Å². The van der Waals surface area contributed by atoms with E-state index in [1.165, 1.54) is 0 Å². The molecule has 10 nitrogen and oxygen atoms in total. The highest BCUT2D eigenvalue weighted by Gasteiger charge is 2.54. The fourth-order valence-electron chi connectivity index (χ4n) is 7.48. The van der Waals surface area contributed by atoms with Crippen LogP contribution in [0.4, 0.5) is 0 Å². The van der Waals surface area contributed by atoms with Gasteiger partial charge in [-0.25, -0.2) is 0 Å². The Morgan fingerprint density at radius 3 is 1.08 bits per heavy atom. The van der Waals surface area contributed by atoms with Crippen LogP contribution in [0.1, 0.15) is 41.7 Å². The molecule has 10 unspecified atom stereocenters. The third kappa shape index (κ3) is 12.9. The van der Waals surface area contributed by atoms with Gasteiger partial charge in [0, 0.05) is 0 Å². The molecule has 5 aromatic rings. The van der Waals surface area contributed by atoms with Crippen molar-refractivity contribution in [2.75, 3.05) is 0 Å². The van der Waals surface area contributed by atoms with Crippen molar-refractivity contribution in [1.29, 1.82) is 5.41 Å². The molecule has 2 saturated heterocycles. The van der Waals surface area contributed by atoms with Gasteiger partial charge in [-0.1, -0.05) is 186 Å². The molecule has 2 fully saturated rings. The molecule has 0 spiro atoms. The number of rotatable bonds is 18. The maximum Gasteiger partial charge on any atom is 0.265 e. The first-order valence-corrected chi connectivity index (χ1v) is 21.8. The van der Waals surface area contributed by atoms with E-state index in [9.17, 15) is 0 Å². The lowest BCUT2D eigenvalue weighted by molar-refractivity contribution is -0.367. The lowest BCUT2D eigenvalue weighted by atomic mass is 9.96. The molecule has 10 atom stereocenters. The van der Waals surface area contributed by atoms with Gasteiger partial charge < -0.3 is 42.6 Å². The second kappa shape index (κ2) is 22.7. The van der Waals surface area contributed by atoms with E-state index in [2.05, 4.69) is 0 Å². The molecular formula is C49H52Cl3NO9. The zero-order valence-corrected chi connectivity index (χ0v) is 36.8. The number of ether oxygens (including phenoxy) is 9. The minimum absolute atomic E-state index is 0.129. The number of hydrogen-bond donors (Lipinski definition) is 1. The summed E-state index contributed by atoms with van der Waals surface area (Å²) in [5, 5.41) is 8.55. The summed E-state index contributed by atoms with van der Waals surface area (Å²) in [5.41, 5.74) is 4.74. The van der Waals surface area contributed by atoms with Gasteiger partial charge in [0.05, 0.1) is 45.2 Å². The Kier molecular flexibility index (Phi) is 16.8. The highest BCUT2D eigenvalue weighted by molar-refractivity contribution is 6.76. The largest absolute Gasteiger partial charge is 0.445 e. The van der Waals surface area contributed by atoms with Crippen molar-refractivity contribution in [2.24, 2.45) is 0 Å². The second-order valence-corrected chi connectivity index (χ2v) is 17.6. The first kappa shape index (κ1) is 46.1. The van der Waals surface area contributed by atoms with Gasteiger partial charge in [-0.15, -0.1) is 0 Å². The Bertz CT molecular complexity index is 2070. The molecule has 0 saturated carbocycles. The zero-order chi connectivity index (χ0) is 43.3. The van der Waals surface area contributed by atoms with Crippen molar-refractivity contribution in [3.05, 3.63) is 179 Å². The van der Waals surface area contributed by atoms with Gasteiger partial charge in [0.25, 0.3) is 3.79 Å². The smallest absolute Gasteiger partial charge is 0.265 e. The molecule has 0 amide bonds. The fourth-order valence-corrected chi connectivity index (χ4v) is 7.61. The summed E-state index contributed by atoms with van der Waals surface area (Å²) in [6.45, 7) is 4.94. The highest BCUT2D eigenvalue weighted by Crippen LogP contribution is 2.38. The Morgan fingerprint density at radius 1 is 0.435 bits per heavy atom. The van der Waals surface area contributed by atoms with Gasteiger partial charge in [-0.2, -0.15) is 0 Å². The quantitative estimate of drug-likeness (QED) is 0.0523. The maximum atomic E-state index is 8.55. The maximum absolute atomic E-state index is 8.55. The van der Waals surface area contributed by atoms with Crippen LogP contribution in [0.25, 0.3) is 0 Å². The molecule has 0 aliphatic carbocycles. The van der Waals surface area contributed by atoms with E-state index in [-0.39, 0.29) is 26.4 Å². The molecule has 13 heteroatoms. The molecule has 2 heterocycles. The van der Waals surface area contributed by atoms with Gasteiger partial charge in [-0.3, -0.25) is 5.41 Å². The first-order valence-electron chi connectivity index (χ1n) is 20.7. The zero-order valence-electron chi connectivity index (χ0n) is 34.6. The van der Waals surface area contributed by atoms with E-state index in [0.29, 0.717) is 6.61 Å². The normalized spacial score (nSPS) is 26.5. The van der Waals surface area contributed by atoms with Crippen molar-refractivity contribution >= 4 is 40.7 Å². The van der Waals surface area contributed by atoms with Crippen LogP contribution in [0, 0.1) is 5.41 Å². The van der Waals surface area contributed by atoms with E-state index in [1.807, 2.05) is 166 Å². The summed E-state index contributed by atoms with van der Waals surface area (Å²) in [6.07, 6.45) is -8.45. The summed E-state index contributed by atoms with van der Waals surface area (Å²) in [4.78, 5) is 0. The average molecular weight is 905 g/mol. The molecule has 1 N–H and O–H groups in total.